The zero-order valence-corrected chi connectivity index (χ0v) is 15.3. The minimum absolute atomic E-state index is 0.0722. The number of nitrogens with zero attached hydrogens (tertiary/aromatic N) is 2. The fourth-order valence-electron chi connectivity index (χ4n) is 2.71. The number of benzene rings is 2. The van der Waals surface area contributed by atoms with Gasteiger partial charge >= 0.3 is 0 Å². The summed E-state index contributed by atoms with van der Waals surface area (Å²) in [5.41, 5.74) is 2.72. The summed E-state index contributed by atoms with van der Waals surface area (Å²) in [6, 6.07) is 11.8. The molecule has 5 heteroatoms. The minimum Gasteiger partial charge on any atom is -0.493 e. The van der Waals surface area contributed by atoms with Crippen LogP contribution in [0, 0.1) is 0 Å². The Kier molecular flexibility index (Phi) is 5.37. The molecule has 3 rings (SSSR count). The van der Waals surface area contributed by atoms with E-state index in [1.54, 1.807) is 0 Å². The van der Waals surface area contributed by atoms with Crippen molar-refractivity contribution in [3.05, 3.63) is 54.9 Å². The van der Waals surface area contributed by atoms with Crippen LogP contribution in [-0.4, -0.2) is 22.7 Å². The Labute approximate surface area is 153 Å². The summed E-state index contributed by atoms with van der Waals surface area (Å²) in [6.07, 6.45) is 3.42. The molecule has 0 fully saturated rings. The van der Waals surface area contributed by atoms with Crippen molar-refractivity contribution >= 4 is 28.5 Å². The van der Waals surface area contributed by atoms with Gasteiger partial charge in [0.1, 0.15) is 23.6 Å². The molecule has 0 spiro atoms. The molecule has 2 aromatic carbocycles. The molecule has 26 heavy (non-hydrogen) atoms. The van der Waals surface area contributed by atoms with Gasteiger partial charge in [0.15, 0.2) is 0 Å². The van der Waals surface area contributed by atoms with Crippen molar-refractivity contribution in [3.8, 4) is 11.5 Å². The number of hydrogen-bond donors (Lipinski definition) is 1. The van der Waals surface area contributed by atoms with Gasteiger partial charge in [-0.25, -0.2) is 9.97 Å². The van der Waals surface area contributed by atoms with Crippen LogP contribution >= 0.6 is 0 Å². The maximum atomic E-state index is 5.85. The predicted molar refractivity (Wildman–Crippen MR) is 106 cm³/mol. The van der Waals surface area contributed by atoms with Crippen molar-refractivity contribution in [2.24, 2.45) is 0 Å². The number of nitrogens with one attached hydrogen (secondary N) is 1. The van der Waals surface area contributed by atoms with Crippen molar-refractivity contribution in [2.45, 2.75) is 26.9 Å². The van der Waals surface area contributed by atoms with Gasteiger partial charge < -0.3 is 14.8 Å². The Balaban J connectivity index is 2.08. The van der Waals surface area contributed by atoms with Crippen molar-refractivity contribution < 1.29 is 9.47 Å². The lowest BCUT2D eigenvalue weighted by atomic mass is 10.1. The molecule has 0 aliphatic rings. The SMILES string of the molecule is C=Cc1cccc(Nc2ncnc3cc(OC(C)C)cc(OCC)c23)c1. The Morgan fingerprint density at radius 3 is 2.77 bits per heavy atom. The van der Waals surface area contributed by atoms with E-state index in [-0.39, 0.29) is 6.10 Å². The smallest absolute Gasteiger partial charge is 0.145 e. The summed E-state index contributed by atoms with van der Waals surface area (Å²) >= 11 is 0. The molecule has 0 bridgehead atoms. The van der Waals surface area contributed by atoms with Gasteiger partial charge in [0.2, 0.25) is 0 Å². The monoisotopic (exact) mass is 349 g/mol. The topological polar surface area (TPSA) is 56.3 Å². The third-order valence-electron chi connectivity index (χ3n) is 3.73. The molecule has 0 saturated carbocycles. The second kappa shape index (κ2) is 7.87. The lowest BCUT2D eigenvalue weighted by Crippen LogP contribution is -2.06. The van der Waals surface area contributed by atoms with Crippen LogP contribution in [0.1, 0.15) is 26.3 Å². The number of anilines is 2. The van der Waals surface area contributed by atoms with Gasteiger partial charge in [-0.05, 0) is 38.5 Å². The first-order valence-electron chi connectivity index (χ1n) is 8.68. The highest BCUT2D eigenvalue weighted by atomic mass is 16.5. The first kappa shape index (κ1) is 17.7. The largest absolute Gasteiger partial charge is 0.493 e. The maximum absolute atomic E-state index is 5.85. The summed E-state index contributed by atoms with van der Waals surface area (Å²) in [5.74, 6) is 2.12. The predicted octanol–water partition coefficient (Wildman–Crippen LogP) is 5.20. The summed E-state index contributed by atoms with van der Waals surface area (Å²) in [6.45, 7) is 10.3. The Morgan fingerprint density at radius 1 is 1.19 bits per heavy atom. The number of rotatable bonds is 7. The second-order valence-corrected chi connectivity index (χ2v) is 6.09. The van der Waals surface area contributed by atoms with Crippen LogP contribution in [0.25, 0.3) is 17.0 Å². The van der Waals surface area contributed by atoms with Crippen LogP contribution in [-0.2, 0) is 0 Å². The molecule has 134 valence electrons. The average Bonchev–Trinajstić information content (AvgIpc) is 2.61. The van der Waals surface area contributed by atoms with E-state index >= 15 is 0 Å². The molecule has 1 N–H and O–H groups in total. The van der Waals surface area contributed by atoms with Gasteiger partial charge in [0.05, 0.1) is 23.6 Å². The molecule has 0 saturated heterocycles. The second-order valence-electron chi connectivity index (χ2n) is 6.09. The Bertz CT molecular complexity index is 922. The molecule has 5 nitrogen and oxygen atoms in total. The number of ether oxygens (including phenoxy) is 2. The molecule has 1 aromatic heterocycles. The van der Waals surface area contributed by atoms with Crippen molar-refractivity contribution in [1.29, 1.82) is 0 Å². The van der Waals surface area contributed by atoms with E-state index in [9.17, 15) is 0 Å². The molecule has 1 heterocycles. The summed E-state index contributed by atoms with van der Waals surface area (Å²) in [4.78, 5) is 8.82. The molecule has 0 amide bonds. The lowest BCUT2D eigenvalue weighted by Gasteiger charge is -2.16. The third kappa shape index (κ3) is 3.94. The van der Waals surface area contributed by atoms with Gasteiger partial charge in [-0.1, -0.05) is 24.8 Å². The van der Waals surface area contributed by atoms with Crippen LogP contribution in [0.3, 0.4) is 0 Å². The van der Waals surface area contributed by atoms with Crippen molar-refractivity contribution in [1.82, 2.24) is 9.97 Å². The van der Waals surface area contributed by atoms with Crippen molar-refractivity contribution in [2.75, 3.05) is 11.9 Å². The highest BCUT2D eigenvalue weighted by molar-refractivity contribution is 5.96. The number of fused-ring (bicyclic) bond motifs is 1. The van der Waals surface area contributed by atoms with Crippen LogP contribution in [0.15, 0.2) is 49.3 Å². The molecule has 3 aromatic rings. The maximum Gasteiger partial charge on any atom is 0.145 e. The number of hydrogen-bond acceptors (Lipinski definition) is 5. The zero-order valence-electron chi connectivity index (χ0n) is 15.3. The zero-order chi connectivity index (χ0) is 18.5. The number of aromatic nitrogens is 2. The standard InChI is InChI=1S/C21H23N3O2/c1-5-15-8-7-9-16(10-15)24-21-20-18(22-13-23-21)11-17(26-14(3)4)12-19(20)25-6-2/h5,7-14H,1,6H2,2-4H3,(H,22,23,24). The molecular weight excluding hydrogens is 326 g/mol. The quantitative estimate of drug-likeness (QED) is 0.635. The highest BCUT2D eigenvalue weighted by Crippen LogP contribution is 2.35. The van der Waals surface area contributed by atoms with E-state index in [2.05, 4.69) is 21.9 Å². The first-order chi connectivity index (χ1) is 12.6. The van der Waals surface area contributed by atoms with Gasteiger partial charge in [-0.3, -0.25) is 0 Å². The van der Waals surface area contributed by atoms with E-state index in [1.807, 2.05) is 63.2 Å². The fraction of sp³-hybridized carbons (Fsp3) is 0.238. The van der Waals surface area contributed by atoms with Gasteiger partial charge in [-0.15, -0.1) is 0 Å². The molecule has 0 aliphatic carbocycles. The highest BCUT2D eigenvalue weighted by Gasteiger charge is 2.14. The molecule has 0 unspecified atom stereocenters. The fourth-order valence-corrected chi connectivity index (χ4v) is 2.71. The summed E-state index contributed by atoms with van der Waals surface area (Å²) < 4.78 is 11.7. The summed E-state index contributed by atoms with van der Waals surface area (Å²) in [5, 5.41) is 4.19. The van der Waals surface area contributed by atoms with E-state index in [0.29, 0.717) is 18.2 Å². The molecule has 0 radical (unpaired) electrons. The molecular formula is C21H23N3O2. The van der Waals surface area contributed by atoms with E-state index in [0.717, 1.165) is 27.9 Å². The first-order valence-corrected chi connectivity index (χ1v) is 8.68. The van der Waals surface area contributed by atoms with Gasteiger partial charge in [-0.2, -0.15) is 0 Å². The van der Waals surface area contributed by atoms with Crippen LogP contribution < -0.4 is 14.8 Å². The van der Waals surface area contributed by atoms with Gasteiger partial charge in [0, 0.05) is 17.8 Å². The van der Waals surface area contributed by atoms with E-state index in [4.69, 9.17) is 9.47 Å². The Morgan fingerprint density at radius 2 is 2.04 bits per heavy atom. The summed E-state index contributed by atoms with van der Waals surface area (Å²) in [7, 11) is 0. The van der Waals surface area contributed by atoms with Crippen LogP contribution in [0.5, 0.6) is 11.5 Å². The van der Waals surface area contributed by atoms with Crippen molar-refractivity contribution in [3.63, 3.8) is 0 Å². The van der Waals surface area contributed by atoms with E-state index < -0.39 is 0 Å². The van der Waals surface area contributed by atoms with Crippen LogP contribution in [0.4, 0.5) is 11.5 Å². The third-order valence-corrected chi connectivity index (χ3v) is 3.73. The average molecular weight is 349 g/mol. The van der Waals surface area contributed by atoms with Crippen LogP contribution in [0.2, 0.25) is 0 Å². The Hall–Kier alpha value is -3.08. The molecule has 0 aliphatic heterocycles. The van der Waals surface area contributed by atoms with E-state index in [1.165, 1.54) is 6.33 Å². The lowest BCUT2D eigenvalue weighted by molar-refractivity contribution is 0.241. The normalized spacial score (nSPS) is 10.8. The van der Waals surface area contributed by atoms with Gasteiger partial charge in [0.25, 0.3) is 0 Å². The molecule has 0 atom stereocenters. The minimum atomic E-state index is 0.0722.